The lowest BCUT2D eigenvalue weighted by molar-refractivity contribution is 0.660. The van der Waals surface area contributed by atoms with Crippen molar-refractivity contribution in [1.82, 2.24) is 24.5 Å². The standard InChI is InChI=1S/C13H22N6/c1-6-9-15-10(7-2)19(16-9)13-11(14)12(8(3)4)17-18(13)5/h8H,6-7,14H2,1-5H3. The molecule has 2 heterocycles. The Morgan fingerprint density at radius 1 is 1.16 bits per heavy atom. The van der Waals surface area contributed by atoms with Crippen LogP contribution in [-0.2, 0) is 19.9 Å². The van der Waals surface area contributed by atoms with Crippen molar-refractivity contribution in [2.75, 3.05) is 5.73 Å². The summed E-state index contributed by atoms with van der Waals surface area (Å²) in [6.07, 6.45) is 1.63. The molecule has 0 saturated heterocycles. The molecule has 0 aliphatic rings. The fraction of sp³-hybridized carbons (Fsp3) is 0.615. The molecule has 2 aromatic rings. The lowest BCUT2D eigenvalue weighted by Gasteiger charge is -2.06. The largest absolute Gasteiger partial charge is 0.394 e. The molecule has 0 amide bonds. The van der Waals surface area contributed by atoms with Crippen LogP contribution in [0.4, 0.5) is 5.69 Å². The third-order valence-corrected chi connectivity index (χ3v) is 3.18. The van der Waals surface area contributed by atoms with Crippen LogP contribution in [0, 0.1) is 0 Å². The molecular formula is C13H22N6. The molecule has 2 N–H and O–H groups in total. The molecule has 0 spiro atoms. The summed E-state index contributed by atoms with van der Waals surface area (Å²) >= 11 is 0. The molecule has 104 valence electrons. The van der Waals surface area contributed by atoms with Crippen molar-refractivity contribution in [3.63, 3.8) is 0 Å². The van der Waals surface area contributed by atoms with Crippen molar-refractivity contribution in [2.24, 2.45) is 7.05 Å². The van der Waals surface area contributed by atoms with Crippen LogP contribution in [0.2, 0.25) is 0 Å². The zero-order valence-corrected chi connectivity index (χ0v) is 12.3. The predicted octanol–water partition coefficient (Wildman–Crippen LogP) is 1.83. The van der Waals surface area contributed by atoms with Gasteiger partial charge in [-0.3, -0.25) is 0 Å². The van der Waals surface area contributed by atoms with Crippen molar-refractivity contribution in [3.05, 3.63) is 17.3 Å². The van der Waals surface area contributed by atoms with Gasteiger partial charge in [-0.05, 0) is 5.92 Å². The summed E-state index contributed by atoms with van der Waals surface area (Å²) in [6, 6.07) is 0. The van der Waals surface area contributed by atoms with E-state index in [4.69, 9.17) is 5.73 Å². The first-order chi connectivity index (χ1) is 8.99. The van der Waals surface area contributed by atoms with Gasteiger partial charge in [0, 0.05) is 19.9 Å². The van der Waals surface area contributed by atoms with Gasteiger partial charge in [-0.15, -0.1) is 5.10 Å². The van der Waals surface area contributed by atoms with Crippen LogP contribution in [0.3, 0.4) is 0 Å². The lowest BCUT2D eigenvalue weighted by atomic mass is 10.1. The molecule has 0 saturated carbocycles. The van der Waals surface area contributed by atoms with Gasteiger partial charge >= 0.3 is 0 Å². The molecule has 0 unspecified atom stereocenters. The Labute approximate surface area is 113 Å². The van der Waals surface area contributed by atoms with Crippen molar-refractivity contribution in [2.45, 2.75) is 46.5 Å². The van der Waals surface area contributed by atoms with E-state index in [-0.39, 0.29) is 0 Å². The third kappa shape index (κ3) is 2.22. The number of anilines is 1. The molecule has 0 bridgehead atoms. The van der Waals surface area contributed by atoms with Crippen LogP contribution >= 0.6 is 0 Å². The van der Waals surface area contributed by atoms with Crippen LogP contribution in [0.1, 0.15) is 51.0 Å². The van der Waals surface area contributed by atoms with Crippen LogP contribution < -0.4 is 5.73 Å². The van der Waals surface area contributed by atoms with Crippen molar-refractivity contribution < 1.29 is 0 Å². The van der Waals surface area contributed by atoms with E-state index in [1.807, 2.05) is 18.7 Å². The monoisotopic (exact) mass is 262 g/mol. The Hall–Kier alpha value is -1.85. The second kappa shape index (κ2) is 5.03. The highest BCUT2D eigenvalue weighted by atomic mass is 15.4. The summed E-state index contributed by atoms with van der Waals surface area (Å²) in [4.78, 5) is 4.52. The third-order valence-electron chi connectivity index (χ3n) is 3.18. The summed E-state index contributed by atoms with van der Waals surface area (Å²) in [7, 11) is 1.89. The average molecular weight is 262 g/mol. The van der Waals surface area contributed by atoms with Gasteiger partial charge in [-0.2, -0.15) is 9.78 Å². The molecule has 2 aromatic heterocycles. The summed E-state index contributed by atoms with van der Waals surface area (Å²) in [5, 5.41) is 9.03. The van der Waals surface area contributed by atoms with Gasteiger partial charge in [0.1, 0.15) is 11.5 Å². The molecule has 0 aliphatic carbocycles. The summed E-state index contributed by atoms with van der Waals surface area (Å²) in [5.41, 5.74) is 7.84. The number of nitrogens with two attached hydrogens (primary N) is 1. The fourth-order valence-electron chi connectivity index (χ4n) is 2.17. The number of nitrogens with zero attached hydrogens (tertiary/aromatic N) is 5. The highest BCUT2D eigenvalue weighted by Gasteiger charge is 2.20. The Morgan fingerprint density at radius 2 is 1.84 bits per heavy atom. The Kier molecular flexibility index (Phi) is 3.59. The summed E-state index contributed by atoms with van der Waals surface area (Å²) in [5.74, 6) is 2.86. The molecule has 0 atom stereocenters. The number of nitrogen functional groups attached to an aromatic ring is 1. The maximum Gasteiger partial charge on any atom is 0.177 e. The van der Waals surface area contributed by atoms with E-state index in [9.17, 15) is 0 Å². The second-order valence-corrected chi connectivity index (χ2v) is 4.96. The summed E-state index contributed by atoms with van der Waals surface area (Å²) < 4.78 is 3.62. The molecule has 6 nitrogen and oxygen atoms in total. The maximum atomic E-state index is 6.24. The number of aromatic nitrogens is 5. The quantitative estimate of drug-likeness (QED) is 0.912. The molecule has 0 radical (unpaired) electrons. The van der Waals surface area contributed by atoms with Crippen LogP contribution in [0.25, 0.3) is 5.82 Å². The minimum absolute atomic E-state index is 0.291. The first-order valence-corrected chi connectivity index (χ1v) is 6.77. The van der Waals surface area contributed by atoms with Gasteiger partial charge in [-0.1, -0.05) is 27.7 Å². The van der Waals surface area contributed by atoms with E-state index in [0.717, 1.165) is 36.0 Å². The first-order valence-electron chi connectivity index (χ1n) is 6.77. The molecule has 19 heavy (non-hydrogen) atoms. The zero-order chi connectivity index (χ0) is 14.2. The molecule has 0 fully saturated rings. The van der Waals surface area contributed by atoms with E-state index < -0.39 is 0 Å². The average Bonchev–Trinajstić information content (AvgIpc) is 2.90. The first kappa shape index (κ1) is 13.6. The molecular weight excluding hydrogens is 240 g/mol. The van der Waals surface area contributed by atoms with Gasteiger partial charge in [0.15, 0.2) is 11.6 Å². The second-order valence-electron chi connectivity index (χ2n) is 4.96. The fourth-order valence-corrected chi connectivity index (χ4v) is 2.17. The van der Waals surface area contributed by atoms with Crippen LogP contribution in [-0.4, -0.2) is 24.5 Å². The number of hydrogen-bond acceptors (Lipinski definition) is 4. The number of aryl methyl sites for hydroxylation is 3. The van der Waals surface area contributed by atoms with E-state index in [0.29, 0.717) is 11.6 Å². The van der Waals surface area contributed by atoms with E-state index in [2.05, 4.69) is 36.0 Å². The van der Waals surface area contributed by atoms with Crippen molar-refractivity contribution >= 4 is 5.69 Å². The van der Waals surface area contributed by atoms with Gasteiger partial charge in [0.25, 0.3) is 0 Å². The highest BCUT2D eigenvalue weighted by Crippen LogP contribution is 2.27. The van der Waals surface area contributed by atoms with Gasteiger partial charge in [0.05, 0.1) is 5.69 Å². The van der Waals surface area contributed by atoms with Crippen LogP contribution in [0.15, 0.2) is 0 Å². The zero-order valence-electron chi connectivity index (χ0n) is 12.3. The molecule has 0 aliphatic heterocycles. The highest BCUT2D eigenvalue weighted by molar-refractivity contribution is 5.58. The van der Waals surface area contributed by atoms with Gasteiger partial charge in [-0.25, -0.2) is 9.67 Å². The topological polar surface area (TPSA) is 74.6 Å². The maximum absolute atomic E-state index is 6.24. The van der Waals surface area contributed by atoms with Crippen molar-refractivity contribution in [3.8, 4) is 5.82 Å². The Bertz CT molecular complexity index is 578. The Morgan fingerprint density at radius 3 is 2.32 bits per heavy atom. The Balaban J connectivity index is 2.61. The number of hydrogen-bond donors (Lipinski definition) is 1. The van der Waals surface area contributed by atoms with Gasteiger partial charge in [0.2, 0.25) is 0 Å². The van der Waals surface area contributed by atoms with E-state index >= 15 is 0 Å². The van der Waals surface area contributed by atoms with Gasteiger partial charge < -0.3 is 5.73 Å². The molecule has 2 rings (SSSR count). The van der Waals surface area contributed by atoms with E-state index in [1.54, 1.807) is 4.68 Å². The predicted molar refractivity (Wildman–Crippen MR) is 75.4 cm³/mol. The minimum Gasteiger partial charge on any atom is -0.394 e. The summed E-state index contributed by atoms with van der Waals surface area (Å²) in [6.45, 7) is 8.28. The van der Waals surface area contributed by atoms with Crippen LogP contribution in [0.5, 0.6) is 0 Å². The normalized spacial score (nSPS) is 11.5. The lowest BCUT2D eigenvalue weighted by Crippen LogP contribution is -2.10. The number of rotatable bonds is 4. The molecule has 0 aromatic carbocycles. The smallest absolute Gasteiger partial charge is 0.177 e. The molecule has 6 heteroatoms. The van der Waals surface area contributed by atoms with E-state index in [1.165, 1.54) is 0 Å². The van der Waals surface area contributed by atoms with Crippen molar-refractivity contribution in [1.29, 1.82) is 0 Å². The minimum atomic E-state index is 0.291. The SMILES string of the molecule is CCc1nc(CC)n(-c2c(N)c(C(C)C)nn2C)n1.